The van der Waals surface area contributed by atoms with E-state index in [1.54, 1.807) is 0 Å². The zero-order valence-corrected chi connectivity index (χ0v) is 9.36. The van der Waals surface area contributed by atoms with Crippen molar-refractivity contribution in [1.82, 2.24) is 20.2 Å². The first-order chi connectivity index (χ1) is 7.27. The molecule has 2 rings (SSSR count). The van der Waals surface area contributed by atoms with E-state index in [1.807, 2.05) is 17.9 Å². The van der Waals surface area contributed by atoms with Gasteiger partial charge in [-0.3, -0.25) is 10.1 Å². The number of ether oxygens (including phenoxy) is 1. The van der Waals surface area contributed by atoms with Crippen LogP contribution in [0, 0.1) is 6.92 Å². The summed E-state index contributed by atoms with van der Waals surface area (Å²) in [5.41, 5.74) is 5.86. The Hall–Kier alpha value is -0.910. The minimum absolute atomic E-state index is 0.818. The Morgan fingerprint density at radius 1 is 1.47 bits per heavy atom. The summed E-state index contributed by atoms with van der Waals surface area (Å²) in [6.45, 7) is 6.49. The first-order valence-electron chi connectivity index (χ1n) is 5.31. The van der Waals surface area contributed by atoms with Crippen LogP contribution in [0.1, 0.15) is 11.3 Å². The van der Waals surface area contributed by atoms with Crippen LogP contribution in [0.4, 0.5) is 0 Å². The number of morpholine rings is 1. The smallest absolute Gasteiger partial charge is 0.0608 e. The average Bonchev–Trinajstić information content (AvgIpc) is 2.59. The molecule has 84 valence electrons. The number of hydrogen-bond donors (Lipinski definition) is 1. The Balaban J connectivity index is 1.84. The van der Waals surface area contributed by atoms with Crippen molar-refractivity contribution >= 4 is 0 Å². The van der Waals surface area contributed by atoms with Crippen LogP contribution in [0.25, 0.3) is 0 Å². The molecule has 0 aromatic carbocycles. The topological polar surface area (TPSA) is 42.3 Å². The van der Waals surface area contributed by atoms with E-state index in [9.17, 15) is 0 Å². The second-order valence-corrected chi connectivity index (χ2v) is 3.81. The third kappa shape index (κ3) is 2.56. The molecule has 1 aromatic rings. The number of hydrogen-bond acceptors (Lipinski definition) is 4. The quantitative estimate of drug-likeness (QED) is 0.766. The van der Waals surface area contributed by atoms with Crippen LogP contribution in [0.3, 0.4) is 0 Å². The van der Waals surface area contributed by atoms with Crippen molar-refractivity contribution in [3.05, 3.63) is 17.5 Å². The maximum absolute atomic E-state index is 5.28. The van der Waals surface area contributed by atoms with E-state index < -0.39 is 0 Å². The van der Waals surface area contributed by atoms with Crippen molar-refractivity contribution in [2.45, 2.75) is 13.5 Å². The lowest BCUT2D eigenvalue weighted by Gasteiger charge is -2.27. The third-order valence-electron chi connectivity index (χ3n) is 2.84. The van der Waals surface area contributed by atoms with Gasteiger partial charge >= 0.3 is 0 Å². The number of rotatable bonds is 3. The number of aryl methyl sites for hydroxylation is 1. The second kappa shape index (κ2) is 4.74. The molecule has 1 saturated heterocycles. The molecule has 1 aromatic heterocycles. The summed E-state index contributed by atoms with van der Waals surface area (Å²) in [5, 5.41) is 6.42. The molecule has 15 heavy (non-hydrogen) atoms. The number of nitrogens with one attached hydrogen (secondary N) is 1. The van der Waals surface area contributed by atoms with Crippen molar-refractivity contribution in [3.63, 3.8) is 0 Å². The lowest BCUT2D eigenvalue weighted by molar-refractivity contribution is 0.0105. The van der Waals surface area contributed by atoms with E-state index in [-0.39, 0.29) is 0 Å². The molecule has 5 nitrogen and oxygen atoms in total. The van der Waals surface area contributed by atoms with Gasteiger partial charge in [-0.1, -0.05) is 0 Å². The predicted octanol–water partition coefficient (Wildman–Crippen LogP) is 0.0653. The van der Waals surface area contributed by atoms with Crippen LogP contribution >= 0.6 is 0 Å². The molecule has 1 fully saturated rings. The molecule has 1 N–H and O–H groups in total. The highest BCUT2D eigenvalue weighted by Gasteiger charge is 2.10. The van der Waals surface area contributed by atoms with Gasteiger partial charge in [0, 0.05) is 37.9 Å². The standard InChI is InChI=1S/C10H18N4O/c1-9-10(7-11-13(9)2)8-12-14-3-5-15-6-4-14/h7,12H,3-6,8H2,1-2H3. The lowest BCUT2D eigenvalue weighted by Crippen LogP contribution is -2.45. The van der Waals surface area contributed by atoms with Gasteiger partial charge in [0.1, 0.15) is 0 Å². The SMILES string of the molecule is Cc1c(CNN2CCOCC2)cnn1C. The minimum atomic E-state index is 0.818. The second-order valence-electron chi connectivity index (χ2n) is 3.81. The highest BCUT2D eigenvalue weighted by molar-refractivity contribution is 5.15. The lowest BCUT2D eigenvalue weighted by atomic mass is 10.3. The van der Waals surface area contributed by atoms with Gasteiger partial charge in [0.2, 0.25) is 0 Å². The average molecular weight is 210 g/mol. The summed E-state index contributed by atoms with van der Waals surface area (Å²) in [5.74, 6) is 0. The fourth-order valence-corrected chi connectivity index (χ4v) is 1.64. The highest BCUT2D eigenvalue weighted by Crippen LogP contribution is 2.05. The normalized spacial score (nSPS) is 18.3. The summed E-state index contributed by atoms with van der Waals surface area (Å²) >= 11 is 0. The van der Waals surface area contributed by atoms with Crippen LogP contribution in [-0.2, 0) is 18.3 Å². The highest BCUT2D eigenvalue weighted by atomic mass is 16.5. The van der Waals surface area contributed by atoms with E-state index >= 15 is 0 Å². The van der Waals surface area contributed by atoms with Crippen LogP contribution in [0.2, 0.25) is 0 Å². The molecule has 1 aliphatic heterocycles. The van der Waals surface area contributed by atoms with Gasteiger partial charge in [0.05, 0.1) is 19.4 Å². The maximum atomic E-state index is 5.28. The molecule has 0 amide bonds. The van der Waals surface area contributed by atoms with E-state index in [0.717, 1.165) is 32.8 Å². The molecule has 1 aliphatic rings. The van der Waals surface area contributed by atoms with E-state index in [1.165, 1.54) is 11.3 Å². The number of nitrogens with zero attached hydrogens (tertiary/aromatic N) is 3. The van der Waals surface area contributed by atoms with Crippen molar-refractivity contribution in [3.8, 4) is 0 Å². The molecule has 2 heterocycles. The van der Waals surface area contributed by atoms with Crippen molar-refractivity contribution in [2.24, 2.45) is 7.05 Å². The van der Waals surface area contributed by atoms with Gasteiger partial charge in [0.25, 0.3) is 0 Å². The summed E-state index contributed by atoms with van der Waals surface area (Å²) in [7, 11) is 1.97. The molecule has 0 unspecified atom stereocenters. The third-order valence-corrected chi connectivity index (χ3v) is 2.84. The van der Waals surface area contributed by atoms with Gasteiger partial charge < -0.3 is 4.74 Å². The summed E-state index contributed by atoms with van der Waals surface area (Å²) in [6, 6.07) is 0. The largest absolute Gasteiger partial charge is 0.379 e. The Labute approximate surface area is 90.0 Å². The molecule has 0 aliphatic carbocycles. The van der Waals surface area contributed by atoms with Gasteiger partial charge in [-0.15, -0.1) is 0 Å². The zero-order valence-electron chi connectivity index (χ0n) is 9.36. The maximum Gasteiger partial charge on any atom is 0.0608 e. The molecule has 0 atom stereocenters. The fraction of sp³-hybridized carbons (Fsp3) is 0.700. The van der Waals surface area contributed by atoms with Gasteiger partial charge in [-0.05, 0) is 6.92 Å². The van der Waals surface area contributed by atoms with Crippen LogP contribution in [0.5, 0.6) is 0 Å². The summed E-state index contributed by atoms with van der Waals surface area (Å²) < 4.78 is 7.18. The molecular weight excluding hydrogens is 192 g/mol. The van der Waals surface area contributed by atoms with E-state index in [4.69, 9.17) is 4.74 Å². The van der Waals surface area contributed by atoms with Gasteiger partial charge in [-0.2, -0.15) is 5.10 Å². The summed E-state index contributed by atoms with van der Waals surface area (Å²) in [6.07, 6.45) is 1.92. The summed E-state index contributed by atoms with van der Waals surface area (Å²) in [4.78, 5) is 0. The van der Waals surface area contributed by atoms with E-state index in [2.05, 4.69) is 22.5 Å². The molecule has 0 spiro atoms. The van der Waals surface area contributed by atoms with Crippen LogP contribution in [-0.4, -0.2) is 41.1 Å². The predicted molar refractivity (Wildman–Crippen MR) is 57.2 cm³/mol. The Bertz CT molecular complexity index is 317. The molecule has 0 radical (unpaired) electrons. The van der Waals surface area contributed by atoms with Crippen molar-refractivity contribution < 1.29 is 4.74 Å². The van der Waals surface area contributed by atoms with Gasteiger partial charge in [0.15, 0.2) is 0 Å². The van der Waals surface area contributed by atoms with Crippen LogP contribution in [0.15, 0.2) is 6.20 Å². The van der Waals surface area contributed by atoms with Gasteiger partial charge in [-0.25, -0.2) is 5.01 Å². The van der Waals surface area contributed by atoms with Crippen molar-refractivity contribution in [1.29, 1.82) is 0 Å². The molecule has 5 heteroatoms. The zero-order chi connectivity index (χ0) is 10.7. The number of aromatic nitrogens is 2. The number of hydrazine groups is 1. The monoisotopic (exact) mass is 210 g/mol. The minimum Gasteiger partial charge on any atom is -0.379 e. The Kier molecular flexibility index (Phi) is 3.35. The fourth-order valence-electron chi connectivity index (χ4n) is 1.64. The van der Waals surface area contributed by atoms with Crippen molar-refractivity contribution in [2.75, 3.05) is 26.3 Å². The van der Waals surface area contributed by atoms with E-state index in [0.29, 0.717) is 0 Å². The molecule has 0 saturated carbocycles. The first-order valence-corrected chi connectivity index (χ1v) is 5.31. The van der Waals surface area contributed by atoms with Crippen LogP contribution < -0.4 is 5.43 Å². The Morgan fingerprint density at radius 3 is 2.80 bits per heavy atom. The first kappa shape index (κ1) is 10.6. The molecular formula is C10H18N4O. The Morgan fingerprint density at radius 2 is 2.20 bits per heavy atom. The molecule has 0 bridgehead atoms.